The minimum atomic E-state index is -3.62. The van der Waals surface area contributed by atoms with Gasteiger partial charge < -0.3 is 4.43 Å². The summed E-state index contributed by atoms with van der Waals surface area (Å²) in [5.41, 5.74) is 0.500. The molecule has 0 fully saturated rings. The Kier molecular flexibility index (Phi) is 6.43. The Morgan fingerprint density at radius 1 is 1.30 bits per heavy atom. The third kappa shape index (κ3) is 6.15. The van der Waals surface area contributed by atoms with Crippen LogP contribution in [0, 0.1) is 5.82 Å². The van der Waals surface area contributed by atoms with Crippen molar-refractivity contribution in [1.29, 1.82) is 0 Å². The standard InChI is InChI=1S/C15H24ClFO4SSi/c1-15(2,3)23(5,6)21-14(10-20-22(4,18)19)11-7-8-12(16)13(17)9-11/h7-9,14H,10H2,1-6H3/t14-/m1/s1. The fourth-order valence-corrected chi connectivity index (χ4v) is 3.39. The van der Waals surface area contributed by atoms with Gasteiger partial charge in [-0.3, -0.25) is 4.18 Å². The molecule has 0 unspecified atom stereocenters. The van der Waals surface area contributed by atoms with Gasteiger partial charge in [-0.15, -0.1) is 0 Å². The lowest BCUT2D eigenvalue weighted by Gasteiger charge is -2.39. The van der Waals surface area contributed by atoms with Gasteiger partial charge in [0.1, 0.15) is 5.82 Å². The summed E-state index contributed by atoms with van der Waals surface area (Å²) in [5.74, 6) is -0.577. The lowest BCUT2D eigenvalue weighted by atomic mass is 10.1. The molecule has 0 spiro atoms. The van der Waals surface area contributed by atoms with Crippen molar-refractivity contribution in [2.45, 2.75) is 45.0 Å². The van der Waals surface area contributed by atoms with E-state index in [9.17, 15) is 12.8 Å². The van der Waals surface area contributed by atoms with E-state index in [1.165, 1.54) is 12.1 Å². The minimum Gasteiger partial charge on any atom is -0.408 e. The van der Waals surface area contributed by atoms with Gasteiger partial charge in [-0.05, 0) is 35.8 Å². The van der Waals surface area contributed by atoms with Gasteiger partial charge in [0.15, 0.2) is 8.32 Å². The first-order valence-corrected chi connectivity index (χ1v) is 12.3. The van der Waals surface area contributed by atoms with E-state index in [0.29, 0.717) is 5.56 Å². The second-order valence-electron chi connectivity index (χ2n) is 7.03. The normalized spacial score (nSPS) is 14.8. The Morgan fingerprint density at radius 2 is 1.87 bits per heavy atom. The number of benzene rings is 1. The van der Waals surface area contributed by atoms with E-state index in [1.54, 1.807) is 6.07 Å². The zero-order valence-corrected chi connectivity index (χ0v) is 16.9. The second kappa shape index (κ2) is 7.19. The molecule has 1 atom stereocenters. The quantitative estimate of drug-likeness (QED) is 0.536. The van der Waals surface area contributed by atoms with Crippen LogP contribution in [0.2, 0.25) is 23.2 Å². The number of hydrogen-bond donors (Lipinski definition) is 0. The number of halogens is 2. The summed E-state index contributed by atoms with van der Waals surface area (Å²) in [6, 6.07) is 4.30. The van der Waals surface area contributed by atoms with Gasteiger partial charge in [-0.25, -0.2) is 4.39 Å². The first kappa shape index (κ1) is 20.6. The fraction of sp³-hybridized carbons (Fsp3) is 0.600. The van der Waals surface area contributed by atoms with Gasteiger partial charge in [-0.1, -0.05) is 38.4 Å². The van der Waals surface area contributed by atoms with Gasteiger partial charge in [0.25, 0.3) is 10.1 Å². The van der Waals surface area contributed by atoms with Crippen molar-refractivity contribution in [3.05, 3.63) is 34.6 Å². The summed E-state index contributed by atoms with van der Waals surface area (Å²) < 4.78 is 47.4. The summed E-state index contributed by atoms with van der Waals surface area (Å²) in [6.45, 7) is 10.1. The van der Waals surface area contributed by atoms with E-state index in [-0.39, 0.29) is 16.7 Å². The van der Waals surface area contributed by atoms with Crippen LogP contribution in [0.3, 0.4) is 0 Å². The van der Waals surface area contributed by atoms with E-state index in [0.717, 1.165) is 6.26 Å². The molecule has 0 N–H and O–H groups in total. The minimum absolute atomic E-state index is 0.00357. The molecular formula is C15H24ClFO4SSi. The van der Waals surface area contributed by atoms with Gasteiger partial charge in [0, 0.05) is 0 Å². The van der Waals surface area contributed by atoms with Crippen molar-refractivity contribution in [3.8, 4) is 0 Å². The largest absolute Gasteiger partial charge is 0.408 e. The van der Waals surface area contributed by atoms with Gasteiger partial charge >= 0.3 is 0 Å². The van der Waals surface area contributed by atoms with Crippen LogP contribution < -0.4 is 0 Å². The topological polar surface area (TPSA) is 52.6 Å². The molecule has 0 saturated carbocycles. The van der Waals surface area contributed by atoms with Crippen LogP contribution in [0.4, 0.5) is 4.39 Å². The molecule has 1 aromatic rings. The maximum absolute atomic E-state index is 13.7. The molecule has 0 amide bonds. The molecule has 1 aromatic carbocycles. The van der Waals surface area contributed by atoms with E-state index in [4.69, 9.17) is 20.2 Å². The molecule has 1 rings (SSSR count). The third-order valence-corrected chi connectivity index (χ3v) is 9.35. The van der Waals surface area contributed by atoms with Crippen LogP contribution in [0.25, 0.3) is 0 Å². The van der Waals surface area contributed by atoms with Gasteiger partial charge in [-0.2, -0.15) is 8.42 Å². The number of rotatable bonds is 6. The van der Waals surface area contributed by atoms with Crippen LogP contribution in [-0.4, -0.2) is 29.6 Å². The molecular weight excluding hydrogens is 359 g/mol. The lowest BCUT2D eigenvalue weighted by Crippen LogP contribution is -2.42. The molecule has 0 bridgehead atoms. The molecule has 8 heteroatoms. The summed E-state index contributed by atoms with van der Waals surface area (Å²) in [7, 11) is -5.83. The average molecular weight is 383 g/mol. The lowest BCUT2D eigenvalue weighted by molar-refractivity contribution is 0.119. The fourth-order valence-electron chi connectivity index (χ4n) is 1.63. The predicted octanol–water partition coefficient (Wildman–Crippen LogP) is 4.52. The summed E-state index contributed by atoms with van der Waals surface area (Å²) in [4.78, 5) is 0. The zero-order valence-electron chi connectivity index (χ0n) is 14.3. The first-order chi connectivity index (χ1) is 10.2. The second-order valence-corrected chi connectivity index (χ2v) is 13.8. The first-order valence-electron chi connectivity index (χ1n) is 7.20. The van der Waals surface area contributed by atoms with Crippen molar-refractivity contribution in [1.82, 2.24) is 0 Å². The zero-order chi connectivity index (χ0) is 18.1. The SMILES string of the molecule is CC(C)(C)[Si](C)(C)O[C@H](COS(C)(=O)=O)c1ccc(Cl)c(F)c1. The predicted molar refractivity (Wildman–Crippen MR) is 93.2 cm³/mol. The Balaban J connectivity index is 3.13. The highest BCUT2D eigenvalue weighted by molar-refractivity contribution is 7.85. The smallest absolute Gasteiger partial charge is 0.264 e. The summed E-state index contributed by atoms with van der Waals surface area (Å²) in [5, 5.41) is -0.0785. The van der Waals surface area contributed by atoms with Crippen LogP contribution in [0.1, 0.15) is 32.4 Å². The molecule has 0 aliphatic heterocycles. The molecule has 0 saturated heterocycles. The molecule has 0 aliphatic rings. The van der Waals surface area contributed by atoms with E-state index in [2.05, 4.69) is 20.8 Å². The van der Waals surface area contributed by atoms with E-state index in [1.807, 2.05) is 13.1 Å². The van der Waals surface area contributed by atoms with Crippen LogP contribution >= 0.6 is 11.6 Å². The maximum atomic E-state index is 13.7. The molecule has 0 radical (unpaired) electrons. The number of hydrogen-bond acceptors (Lipinski definition) is 4. The third-order valence-electron chi connectivity index (χ3n) is 3.99. The Hall–Kier alpha value is -0.473. The molecule has 0 aromatic heterocycles. The van der Waals surface area contributed by atoms with Crippen LogP contribution in [0.5, 0.6) is 0 Å². The van der Waals surface area contributed by atoms with Crippen molar-refractivity contribution in [2.24, 2.45) is 0 Å². The molecule has 4 nitrogen and oxygen atoms in total. The molecule has 23 heavy (non-hydrogen) atoms. The van der Waals surface area contributed by atoms with Crippen LogP contribution in [0.15, 0.2) is 18.2 Å². The van der Waals surface area contributed by atoms with Gasteiger partial charge in [0.2, 0.25) is 0 Å². The van der Waals surface area contributed by atoms with Crippen LogP contribution in [-0.2, 0) is 18.7 Å². The molecule has 0 aliphatic carbocycles. The van der Waals surface area contributed by atoms with Gasteiger partial charge in [0.05, 0.1) is 24.0 Å². The Labute approximate surface area is 144 Å². The van der Waals surface area contributed by atoms with E-state index < -0.39 is 30.4 Å². The molecule has 132 valence electrons. The molecule has 0 heterocycles. The highest BCUT2D eigenvalue weighted by atomic mass is 35.5. The Bertz CT molecular complexity index is 656. The summed E-state index contributed by atoms with van der Waals surface area (Å²) >= 11 is 5.71. The summed E-state index contributed by atoms with van der Waals surface area (Å²) in [6.07, 6.45) is 0.288. The van der Waals surface area contributed by atoms with Crippen molar-refractivity contribution in [3.63, 3.8) is 0 Å². The van der Waals surface area contributed by atoms with E-state index >= 15 is 0 Å². The average Bonchev–Trinajstić information content (AvgIpc) is 2.35. The highest BCUT2D eigenvalue weighted by Gasteiger charge is 2.39. The van der Waals surface area contributed by atoms with Crippen molar-refractivity contribution < 1.29 is 21.4 Å². The highest BCUT2D eigenvalue weighted by Crippen LogP contribution is 2.40. The Morgan fingerprint density at radius 3 is 2.30 bits per heavy atom. The monoisotopic (exact) mass is 382 g/mol. The maximum Gasteiger partial charge on any atom is 0.264 e. The van der Waals surface area contributed by atoms with Crippen molar-refractivity contribution in [2.75, 3.05) is 12.9 Å². The van der Waals surface area contributed by atoms with Crippen molar-refractivity contribution >= 4 is 30.0 Å².